The number of hydrogen-bond acceptors (Lipinski definition) is 1. The fourth-order valence-corrected chi connectivity index (χ4v) is 1.71. The third-order valence-corrected chi connectivity index (χ3v) is 2.48. The molecule has 1 amide bonds. The van der Waals surface area contributed by atoms with Gasteiger partial charge < -0.3 is 5.32 Å². The lowest BCUT2D eigenvalue weighted by Gasteiger charge is -2.06. The van der Waals surface area contributed by atoms with Gasteiger partial charge in [0.2, 0.25) is 0 Å². The quantitative estimate of drug-likeness (QED) is 0.620. The van der Waals surface area contributed by atoms with Crippen LogP contribution in [0.4, 0.5) is 4.79 Å². The van der Waals surface area contributed by atoms with Crippen LogP contribution in [-0.2, 0) is 12.8 Å². The highest BCUT2D eigenvalue weighted by molar-refractivity contribution is 6.62. The average molecular weight is 240 g/mol. The van der Waals surface area contributed by atoms with Gasteiger partial charge in [0.25, 0.3) is 0 Å². The summed E-state index contributed by atoms with van der Waals surface area (Å²) >= 11 is 5.18. The van der Waals surface area contributed by atoms with E-state index in [0.29, 0.717) is 12.5 Å². The van der Waals surface area contributed by atoms with E-state index >= 15 is 0 Å². The van der Waals surface area contributed by atoms with Crippen molar-refractivity contribution in [3.05, 3.63) is 35.4 Å². The van der Waals surface area contributed by atoms with E-state index < -0.39 is 5.37 Å². The van der Waals surface area contributed by atoms with E-state index in [4.69, 9.17) is 11.6 Å². The molecular formula is C13H18ClNO. The second-order valence-electron chi connectivity index (χ2n) is 4.36. The summed E-state index contributed by atoms with van der Waals surface area (Å²) in [4.78, 5) is 10.5. The van der Waals surface area contributed by atoms with Crippen molar-refractivity contribution in [3.8, 4) is 0 Å². The first-order valence-corrected chi connectivity index (χ1v) is 5.97. The zero-order valence-corrected chi connectivity index (χ0v) is 10.6. The van der Waals surface area contributed by atoms with Gasteiger partial charge in [-0.3, -0.25) is 4.79 Å². The van der Waals surface area contributed by atoms with Gasteiger partial charge in [-0.05, 0) is 41.5 Å². The molecule has 2 nitrogen and oxygen atoms in total. The maximum Gasteiger partial charge on any atom is 0.313 e. The largest absolute Gasteiger partial charge is 0.342 e. The monoisotopic (exact) mass is 239 g/mol. The van der Waals surface area contributed by atoms with Gasteiger partial charge in [0.1, 0.15) is 0 Å². The molecule has 1 N–H and O–H groups in total. The van der Waals surface area contributed by atoms with Crippen molar-refractivity contribution in [3.63, 3.8) is 0 Å². The number of hydrogen-bond donors (Lipinski definition) is 1. The average Bonchev–Trinajstić information content (AvgIpc) is 2.19. The number of carbonyl (C=O) groups excluding carboxylic acids is 1. The second-order valence-corrected chi connectivity index (χ2v) is 4.71. The van der Waals surface area contributed by atoms with Crippen LogP contribution in [-0.4, -0.2) is 11.9 Å². The van der Waals surface area contributed by atoms with Gasteiger partial charge in [-0.25, -0.2) is 0 Å². The summed E-state index contributed by atoms with van der Waals surface area (Å²) in [5.74, 6) is 0.682. The van der Waals surface area contributed by atoms with E-state index in [2.05, 4.69) is 43.4 Å². The van der Waals surface area contributed by atoms with Crippen molar-refractivity contribution in [1.82, 2.24) is 5.32 Å². The zero-order chi connectivity index (χ0) is 12.0. The number of rotatable bonds is 5. The topological polar surface area (TPSA) is 29.1 Å². The molecule has 16 heavy (non-hydrogen) atoms. The summed E-state index contributed by atoms with van der Waals surface area (Å²) in [5, 5.41) is 2.08. The Hall–Kier alpha value is -1.02. The van der Waals surface area contributed by atoms with Gasteiger partial charge in [0.15, 0.2) is 0 Å². The summed E-state index contributed by atoms with van der Waals surface area (Å²) in [7, 11) is 0. The number of nitrogens with one attached hydrogen (secondary N) is 1. The third kappa shape index (κ3) is 5.17. The number of amides is 1. The number of benzene rings is 1. The summed E-state index contributed by atoms with van der Waals surface area (Å²) < 4.78 is 0. The van der Waals surface area contributed by atoms with Crippen LogP contribution in [0.1, 0.15) is 25.0 Å². The molecule has 3 heteroatoms. The first kappa shape index (κ1) is 13.0. The molecule has 0 saturated heterocycles. The highest BCUT2D eigenvalue weighted by Crippen LogP contribution is 2.09. The summed E-state index contributed by atoms with van der Waals surface area (Å²) in [5.41, 5.74) is 2.58. The standard InChI is InChI=1S/C13H18ClNO/c1-10(2)9-12-5-3-11(4-6-12)7-8-15-13(14)16/h3-6,10H,7-9H2,1-2H3,(H,15,16). The molecule has 0 radical (unpaired) electrons. The molecule has 1 aromatic rings. The summed E-state index contributed by atoms with van der Waals surface area (Å²) in [6.45, 7) is 5.01. The fourth-order valence-electron chi connectivity index (χ4n) is 1.62. The maximum absolute atomic E-state index is 10.5. The second kappa shape index (κ2) is 6.54. The van der Waals surface area contributed by atoms with Crippen LogP contribution in [0.25, 0.3) is 0 Å². The molecule has 0 heterocycles. The predicted octanol–water partition coefficient (Wildman–Crippen LogP) is 3.38. The van der Waals surface area contributed by atoms with Crippen molar-refractivity contribution in [2.24, 2.45) is 5.92 Å². The van der Waals surface area contributed by atoms with Gasteiger partial charge in [-0.1, -0.05) is 38.1 Å². The molecule has 0 atom stereocenters. The lowest BCUT2D eigenvalue weighted by atomic mass is 10.0. The lowest BCUT2D eigenvalue weighted by molar-refractivity contribution is 0.260. The van der Waals surface area contributed by atoms with Gasteiger partial charge in [-0.15, -0.1) is 0 Å². The van der Waals surface area contributed by atoms with Gasteiger partial charge in [0.05, 0.1) is 0 Å². The molecular weight excluding hydrogens is 222 g/mol. The molecule has 0 saturated carbocycles. The van der Waals surface area contributed by atoms with Crippen molar-refractivity contribution in [1.29, 1.82) is 0 Å². The Labute approximate surface area is 102 Å². The third-order valence-electron chi connectivity index (χ3n) is 2.34. The molecule has 1 aromatic carbocycles. The minimum Gasteiger partial charge on any atom is -0.342 e. The van der Waals surface area contributed by atoms with Gasteiger partial charge in [-0.2, -0.15) is 0 Å². The Morgan fingerprint density at radius 1 is 1.25 bits per heavy atom. The Morgan fingerprint density at radius 3 is 2.31 bits per heavy atom. The molecule has 0 unspecified atom stereocenters. The first-order valence-electron chi connectivity index (χ1n) is 5.59. The number of halogens is 1. The molecule has 0 aliphatic heterocycles. The van der Waals surface area contributed by atoms with Crippen LogP contribution >= 0.6 is 11.6 Å². The fraction of sp³-hybridized carbons (Fsp3) is 0.462. The van der Waals surface area contributed by atoms with Gasteiger partial charge >= 0.3 is 5.37 Å². The molecule has 0 fully saturated rings. The highest BCUT2D eigenvalue weighted by atomic mass is 35.5. The Morgan fingerprint density at radius 2 is 1.81 bits per heavy atom. The van der Waals surface area contributed by atoms with Crippen molar-refractivity contribution in [2.45, 2.75) is 26.7 Å². The highest BCUT2D eigenvalue weighted by Gasteiger charge is 1.99. The Kier molecular flexibility index (Phi) is 5.33. The SMILES string of the molecule is CC(C)Cc1ccc(CCNC(=O)Cl)cc1. The first-order chi connectivity index (χ1) is 7.58. The van der Waals surface area contributed by atoms with Crippen LogP contribution in [0.5, 0.6) is 0 Å². The molecule has 1 rings (SSSR count). The number of carbonyl (C=O) groups is 1. The van der Waals surface area contributed by atoms with E-state index in [1.165, 1.54) is 11.1 Å². The van der Waals surface area contributed by atoms with Crippen LogP contribution in [0.2, 0.25) is 0 Å². The van der Waals surface area contributed by atoms with Crippen LogP contribution in [0, 0.1) is 5.92 Å². The van der Waals surface area contributed by atoms with E-state index in [-0.39, 0.29) is 0 Å². The summed E-state index contributed by atoms with van der Waals surface area (Å²) in [6.07, 6.45) is 1.93. The smallest absolute Gasteiger partial charge is 0.313 e. The van der Waals surface area contributed by atoms with Crippen molar-refractivity contribution < 1.29 is 4.79 Å². The zero-order valence-electron chi connectivity index (χ0n) is 9.79. The minimum absolute atomic E-state index is 0.489. The predicted molar refractivity (Wildman–Crippen MR) is 67.9 cm³/mol. The molecule has 0 spiro atoms. The minimum atomic E-state index is -0.489. The molecule has 88 valence electrons. The van der Waals surface area contributed by atoms with Crippen LogP contribution < -0.4 is 5.32 Å². The van der Waals surface area contributed by atoms with Crippen LogP contribution in [0.3, 0.4) is 0 Å². The molecule has 0 aliphatic carbocycles. The Balaban J connectivity index is 2.42. The van der Waals surface area contributed by atoms with E-state index in [1.807, 2.05) is 0 Å². The Bertz CT molecular complexity index is 332. The maximum atomic E-state index is 10.5. The normalized spacial score (nSPS) is 10.5. The van der Waals surface area contributed by atoms with Crippen molar-refractivity contribution >= 4 is 17.0 Å². The van der Waals surface area contributed by atoms with E-state index in [1.54, 1.807) is 0 Å². The lowest BCUT2D eigenvalue weighted by Crippen LogP contribution is -2.19. The van der Waals surface area contributed by atoms with E-state index in [0.717, 1.165) is 12.8 Å². The molecule has 0 aromatic heterocycles. The molecule has 0 bridgehead atoms. The van der Waals surface area contributed by atoms with Crippen molar-refractivity contribution in [2.75, 3.05) is 6.54 Å². The van der Waals surface area contributed by atoms with E-state index in [9.17, 15) is 4.79 Å². The van der Waals surface area contributed by atoms with Crippen LogP contribution in [0.15, 0.2) is 24.3 Å². The van der Waals surface area contributed by atoms with Gasteiger partial charge in [0, 0.05) is 6.54 Å². The molecule has 0 aliphatic rings. The summed E-state index contributed by atoms with van der Waals surface area (Å²) in [6, 6.07) is 8.52.